The molecule has 0 saturated carbocycles. The van der Waals surface area contributed by atoms with E-state index in [0.29, 0.717) is 22.7 Å². The highest BCUT2D eigenvalue weighted by Crippen LogP contribution is 2.19. The number of ether oxygens (including phenoxy) is 1. The van der Waals surface area contributed by atoms with Crippen LogP contribution in [0.1, 0.15) is 0 Å². The molecule has 0 N–H and O–H groups in total. The van der Waals surface area contributed by atoms with Crippen molar-refractivity contribution in [1.82, 2.24) is 24.1 Å². The normalized spacial score (nSPS) is 10.9. The summed E-state index contributed by atoms with van der Waals surface area (Å²) in [5, 5.41) is 7.84. The summed E-state index contributed by atoms with van der Waals surface area (Å²) in [6.45, 7) is 1.34. The molecule has 0 saturated heterocycles. The van der Waals surface area contributed by atoms with Crippen LogP contribution in [0.2, 0.25) is 0 Å². The zero-order valence-electron chi connectivity index (χ0n) is 9.40. The van der Waals surface area contributed by atoms with Crippen molar-refractivity contribution in [2.45, 2.75) is 6.54 Å². The molecule has 0 aromatic carbocycles. The molecular weight excluding hydrogens is 298 g/mol. The number of hydrogen-bond donors (Lipinski definition) is 0. The minimum atomic E-state index is 0.556. The van der Waals surface area contributed by atoms with Gasteiger partial charge in [0.2, 0.25) is 5.65 Å². The molecule has 0 radical (unpaired) electrons. The summed E-state index contributed by atoms with van der Waals surface area (Å²) in [5.74, 6) is 0.628. The highest BCUT2D eigenvalue weighted by atomic mass is 79.9. The van der Waals surface area contributed by atoms with Gasteiger partial charge in [0.05, 0.1) is 12.7 Å². The maximum atomic E-state index is 5.68. The number of hydrogen-bond acceptors (Lipinski definition) is 4. The molecule has 0 unspecified atom stereocenters. The van der Waals surface area contributed by atoms with Crippen molar-refractivity contribution < 1.29 is 4.74 Å². The lowest BCUT2D eigenvalue weighted by molar-refractivity contribution is 0.299. The van der Waals surface area contributed by atoms with E-state index in [0.717, 1.165) is 6.54 Å². The highest BCUT2D eigenvalue weighted by Gasteiger charge is 2.08. The lowest BCUT2D eigenvalue weighted by atomic mass is 10.5. The van der Waals surface area contributed by atoms with Crippen molar-refractivity contribution in [3.05, 3.63) is 41.8 Å². The first-order valence-electron chi connectivity index (χ1n) is 5.42. The van der Waals surface area contributed by atoms with Crippen molar-refractivity contribution >= 4 is 21.6 Å². The summed E-state index contributed by atoms with van der Waals surface area (Å²) in [6.07, 6.45) is 7.22. The fraction of sp³-hybridized carbons (Fsp3) is 0.182. The van der Waals surface area contributed by atoms with Crippen LogP contribution in [0.5, 0.6) is 5.75 Å². The van der Waals surface area contributed by atoms with Gasteiger partial charge in [-0.25, -0.2) is 4.98 Å². The monoisotopic (exact) mass is 307 g/mol. The van der Waals surface area contributed by atoms with Crippen LogP contribution in [0.3, 0.4) is 0 Å². The Balaban J connectivity index is 1.75. The summed E-state index contributed by atoms with van der Waals surface area (Å²) in [7, 11) is 0. The SMILES string of the molecule is Brc1ncc(OCCn2cccc2)c2nncn12. The van der Waals surface area contributed by atoms with E-state index in [2.05, 4.69) is 31.1 Å². The largest absolute Gasteiger partial charge is 0.486 e. The maximum absolute atomic E-state index is 5.68. The minimum Gasteiger partial charge on any atom is -0.486 e. The quantitative estimate of drug-likeness (QED) is 0.689. The summed E-state index contributed by atoms with van der Waals surface area (Å²) in [6, 6.07) is 3.97. The van der Waals surface area contributed by atoms with E-state index in [1.54, 1.807) is 16.9 Å². The number of rotatable bonds is 4. The molecule has 0 aliphatic rings. The van der Waals surface area contributed by atoms with Crippen LogP contribution in [-0.4, -0.2) is 30.8 Å². The third kappa shape index (κ3) is 2.08. The predicted molar refractivity (Wildman–Crippen MR) is 68.4 cm³/mol. The van der Waals surface area contributed by atoms with Crippen LogP contribution in [-0.2, 0) is 6.54 Å². The lowest BCUT2D eigenvalue weighted by Gasteiger charge is -2.07. The topological polar surface area (TPSA) is 57.2 Å². The van der Waals surface area contributed by atoms with Gasteiger partial charge in [-0.15, -0.1) is 10.2 Å². The molecule has 0 aliphatic carbocycles. The fourth-order valence-corrected chi connectivity index (χ4v) is 2.01. The van der Waals surface area contributed by atoms with Crippen LogP contribution in [0.15, 0.2) is 41.8 Å². The summed E-state index contributed by atoms with van der Waals surface area (Å²) >= 11 is 3.32. The molecular formula is C11H10BrN5O. The van der Waals surface area contributed by atoms with E-state index in [9.17, 15) is 0 Å². The minimum absolute atomic E-state index is 0.556. The summed E-state index contributed by atoms with van der Waals surface area (Å²) < 4.78 is 10.1. The zero-order valence-corrected chi connectivity index (χ0v) is 11.0. The van der Waals surface area contributed by atoms with Gasteiger partial charge in [0.25, 0.3) is 0 Å². The highest BCUT2D eigenvalue weighted by molar-refractivity contribution is 9.10. The van der Waals surface area contributed by atoms with Gasteiger partial charge in [-0.3, -0.25) is 4.40 Å². The van der Waals surface area contributed by atoms with Crippen LogP contribution < -0.4 is 4.74 Å². The zero-order chi connectivity index (χ0) is 12.4. The molecule has 18 heavy (non-hydrogen) atoms. The molecule has 7 heteroatoms. The Morgan fingerprint density at radius 3 is 2.94 bits per heavy atom. The Bertz CT molecular complexity index is 649. The second-order valence-corrected chi connectivity index (χ2v) is 4.39. The van der Waals surface area contributed by atoms with Crippen LogP contribution in [0.25, 0.3) is 5.65 Å². The van der Waals surface area contributed by atoms with Gasteiger partial charge >= 0.3 is 0 Å². The van der Waals surface area contributed by atoms with Gasteiger partial charge in [-0.05, 0) is 28.1 Å². The standard InChI is InChI=1S/C11H10BrN5O/c12-11-13-7-9(10-15-14-8-17(10)11)18-6-5-16-3-1-2-4-16/h1-4,7-8H,5-6H2. The van der Waals surface area contributed by atoms with Gasteiger partial charge < -0.3 is 9.30 Å². The molecule has 92 valence electrons. The number of fused-ring (bicyclic) bond motifs is 1. The van der Waals surface area contributed by atoms with Crippen molar-refractivity contribution in [3.63, 3.8) is 0 Å². The molecule has 0 fully saturated rings. The first-order valence-corrected chi connectivity index (χ1v) is 6.22. The Kier molecular flexibility index (Phi) is 2.97. The van der Waals surface area contributed by atoms with Crippen LogP contribution in [0, 0.1) is 0 Å². The van der Waals surface area contributed by atoms with Gasteiger partial charge in [-0.1, -0.05) is 0 Å². The molecule has 3 aromatic heterocycles. The molecule has 0 spiro atoms. The predicted octanol–water partition coefficient (Wildman–Crippen LogP) is 1.77. The average molecular weight is 308 g/mol. The fourth-order valence-electron chi connectivity index (χ4n) is 1.65. The first kappa shape index (κ1) is 11.2. The first-order chi connectivity index (χ1) is 8.84. The van der Waals surface area contributed by atoms with Gasteiger partial charge in [0, 0.05) is 12.4 Å². The van der Waals surface area contributed by atoms with E-state index in [1.807, 2.05) is 29.1 Å². The third-order valence-corrected chi connectivity index (χ3v) is 3.12. The molecule has 3 aromatic rings. The molecule has 0 bridgehead atoms. The number of aromatic nitrogens is 5. The van der Waals surface area contributed by atoms with Crippen molar-refractivity contribution in [3.8, 4) is 5.75 Å². The molecule has 3 heterocycles. The number of nitrogens with zero attached hydrogens (tertiary/aromatic N) is 5. The van der Waals surface area contributed by atoms with Gasteiger partial charge in [0.15, 0.2) is 10.5 Å². The van der Waals surface area contributed by atoms with Gasteiger partial charge in [-0.2, -0.15) is 0 Å². The smallest absolute Gasteiger partial charge is 0.206 e. The van der Waals surface area contributed by atoms with E-state index < -0.39 is 0 Å². The second kappa shape index (κ2) is 4.77. The average Bonchev–Trinajstić information content (AvgIpc) is 3.02. The summed E-state index contributed by atoms with van der Waals surface area (Å²) in [5.41, 5.74) is 0.657. The summed E-state index contributed by atoms with van der Waals surface area (Å²) in [4.78, 5) is 4.16. The van der Waals surface area contributed by atoms with E-state index in [4.69, 9.17) is 4.74 Å². The Morgan fingerprint density at radius 2 is 2.11 bits per heavy atom. The van der Waals surface area contributed by atoms with Crippen molar-refractivity contribution in [1.29, 1.82) is 0 Å². The number of halogens is 1. The van der Waals surface area contributed by atoms with Gasteiger partial charge in [0.1, 0.15) is 12.9 Å². The third-order valence-electron chi connectivity index (χ3n) is 2.53. The molecule has 6 nitrogen and oxygen atoms in total. The maximum Gasteiger partial charge on any atom is 0.206 e. The molecule has 0 atom stereocenters. The molecule has 0 amide bonds. The Morgan fingerprint density at radius 1 is 1.28 bits per heavy atom. The van der Waals surface area contributed by atoms with Crippen LogP contribution >= 0.6 is 15.9 Å². The van der Waals surface area contributed by atoms with Crippen molar-refractivity contribution in [2.75, 3.05) is 6.61 Å². The Labute approximate surface area is 111 Å². The molecule has 3 rings (SSSR count). The second-order valence-electron chi connectivity index (χ2n) is 3.69. The molecule has 0 aliphatic heterocycles. The van der Waals surface area contributed by atoms with E-state index >= 15 is 0 Å². The van der Waals surface area contributed by atoms with E-state index in [1.165, 1.54) is 0 Å². The van der Waals surface area contributed by atoms with Crippen molar-refractivity contribution in [2.24, 2.45) is 0 Å². The van der Waals surface area contributed by atoms with Crippen LogP contribution in [0.4, 0.5) is 0 Å². The Hall–Kier alpha value is -1.89. The lowest BCUT2D eigenvalue weighted by Crippen LogP contribution is -2.07. The van der Waals surface area contributed by atoms with E-state index in [-0.39, 0.29) is 0 Å².